The van der Waals surface area contributed by atoms with Crippen LogP contribution in [-0.4, -0.2) is 24.3 Å². The maximum atomic E-state index is 9.31. The summed E-state index contributed by atoms with van der Waals surface area (Å²) in [7, 11) is 0. The lowest BCUT2D eigenvalue weighted by Crippen LogP contribution is -2.43. The molecular weight excluding hydrogens is 236 g/mol. The molecule has 0 aromatic heterocycles. The molecule has 3 heteroatoms. The van der Waals surface area contributed by atoms with Gasteiger partial charge in [-0.3, -0.25) is 5.32 Å². The van der Waals surface area contributed by atoms with E-state index >= 15 is 0 Å². The monoisotopic (exact) mass is 264 g/mol. The van der Waals surface area contributed by atoms with Crippen LogP contribution in [0, 0.1) is 17.2 Å². The van der Waals surface area contributed by atoms with E-state index in [4.69, 9.17) is 4.74 Å². The molecule has 0 bridgehead atoms. The van der Waals surface area contributed by atoms with Gasteiger partial charge in [0, 0.05) is 19.1 Å². The first-order valence-electron chi connectivity index (χ1n) is 7.96. The Labute approximate surface area is 117 Å². The predicted octanol–water partition coefficient (Wildman–Crippen LogP) is 3.40. The first kappa shape index (κ1) is 14.8. The van der Waals surface area contributed by atoms with Crippen LogP contribution in [0.5, 0.6) is 0 Å². The van der Waals surface area contributed by atoms with Gasteiger partial charge in [-0.2, -0.15) is 5.26 Å². The van der Waals surface area contributed by atoms with Gasteiger partial charge in [0.25, 0.3) is 0 Å². The molecule has 1 N–H and O–H groups in total. The van der Waals surface area contributed by atoms with E-state index in [9.17, 15) is 5.26 Å². The SMILES string of the molecule is CCC1CCCC(OCCC(C)(C#N)NC2CC2)C1. The number of hydrogen-bond acceptors (Lipinski definition) is 3. The largest absolute Gasteiger partial charge is 0.378 e. The summed E-state index contributed by atoms with van der Waals surface area (Å²) >= 11 is 0. The van der Waals surface area contributed by atoms with Gasteiger partial charge in [-0.25, -0.2) is 0 Å². The normalized spacial score (nSPS) is 30.6. The highest BCUT2D eigenvalue weighted by Crippen LogP contribution is 2.29. The third kappa shape index (κ3) is 4.78. The Morgan fingerprint density at radius 3 is 2.74 bits per heavy atom. The van der Waals surface area contributed by atoms with Gasteiger partial charge in [0.2, 0.25) is 0 Å². The summed E-state index contributed by atoms with van der Waals surface area (Å²) in [6.07, 6.45) is 10.0. The molecule has 0 aliphatic heterocycles. The quantitative estimate of drug-likeness (QED) is 0.766. The highest BCUT2D eigenvalue weighted by Gasteiger charge is 2.32. The van der Waals surface area contributed by atoms with Crippen molar-refractivity contribution in [3.63, 3.8) is 0 Å². The standard InChI is InChI=1S/C16H28N2O/c1-3-13-5-4-6-15(11-13)19-10-9-16(2,12-17)18-14-7-8-14/h13-15,18H,3-11H2,1-2H3. The molecule has 0 spiro atoms. The summed E-state index contributed by atoms with van der Waals surface area (Å²) in [5.74, 6) is 0.852. The van der Waals surface area contributed by atoms with Crippen LogP contribution in [0.1, 0.15) is 65.2 Å². The van der Waals surface area contributed by atoms with E-state index in [0.717, 1.165) is 12.3 Å². The number of nitrogens with one attached hydrogen (secondary N) is 1. The lowest BCUT2D eigenvalue weighted by Gasteiger charge is -2.30. The van der Waals surface area contributed by atoms with Gasteiger partial charge >= 0.3 is 0 Å². The third-order valence-corrected chi connectivity index (χ3v) is 4.61. The van der Waals surface area contributed by atoms with Crippen LogP contribution in [0.3, 0.4) is 0 Å². The van der Waals surface area contributed by atoms with E-state index in [1.807, 2.05) is 6.92 Å². The van der Waals surface area contributed by atoms with Crippen molar-refractivity contribution in [3.05, 3.63) is 0 Å². The minimum absolute atomic E-state index is 0.403. The molecule has 3 nitrogen and oxygen atoms in total. The van der Waals surface area contributed by atoms with Crippen LogP contribution in [0.25, 0.3) is 0 Å². The van der Waals surface area contributed by atoms with Crippen LogP contribution in [0.4, 0.5) is 0 Å². The molecule has 0 amide bonds. The summed E-state index contributed by atoms with van der Waals surface area (Å²) in [5, 5.41) is 12.7. The predicted molar refractivity (Wildman–Crippen MR) is 76.8 cm³/mol. The number of ether oxygens (including phenoxy) is 1. The summed E-state index contributed by atoms with van der Waals surface area (Å²) < 4.78 is 6.02. The lowest BCUT2D eigenvalue weighted by molar-refractivity contribution is 0.00594. The van der Waals surface area contributed by atoms with Crippen molar-refractivity contribution in [2.45, 2.75) is 82.9 Å². The van der Waals surface area contributed by atoms with Crippen molar-refractivity contribution in [2.24, 2.45) is 5.92 Å². The van der Waals surface area contributed by atoms with E-state index in [1.165, 1.54) is 44.9 Å². The zero-order valence-corrected chi connectivity index (χ0v) is 12.5. The van der Waals surface area contributed by atoms with Gasteiger partial charge in [-0.05, 0) is 38.5 Å². The molecule has 108 valence electrons. The molecule has 0 heterocycles. The topological polar surface area (TPSA) is 45.0 Å². The molecule has 0 radical (unpaired) electrons. The second kappa shape index (κ2) is 6.72. The number of rotatable bonds is 7. The summed E-state index contributed by atoms with van der Waals surface area (Å²) in [4.78, 5) is 0. The maximum Gasteiger partial charge on any atom is 0.106 e. The molecule has 0 aromatic rings. The highest BCUT2D eigenvalue weighted by molar-refractivity contribution is 5.07. The van der Waals surface area contributed by atoms with Gasteiger partial charge in [0.15, 0.2) is 0 Å². The zero-order chi connectivity index (χ0) is 13.7. The van der Waals surface area contributed by atoms with Gasteiger partial charge in [-0.15, -0.1) is 0 Å². The lowest BCUT2D eigenvalue weighted by atomic mass is 9.85. The van der Waals surface area contributed by atoms with Gasteiger partial charge in [0.05, 0.1) is 12.2 Å². The Morgan fingerprint density at radius 2 is 2.11 bits per heavy atom. The fourth-order valence-corrected chi connectivity index (χ4v) is 3.03. The van der Waals surface area contributed by atoms with E-state index in [1.54, 1.807) is 0 Å². The molecule has 2 saturated carbocycles. The van der Waals surface area contributed by atoms with Crippen molar-refractivity contribution in [3.8, 4) is 6.07 Å². The second-order valence-electron chi connectivity index (χ2n) is 6.55. The van der Waals surface area contributed by atoms with E-state index in [2.05, 4.69) is 18.3 Å². The van der Waals surface area contributed by atoms with Crippen LogP contribution in [-0.2, 0) is 4.74 Å². The first-order valence-corrected chi connectivity index (χ1v) is 7.96. The fraction of sp³-hybridized carbons (Fsp3) is 0.938. The Hall–Kier alpha value is -0.590. The Bertz CT molecular complexity index is 321. The molecule has 19 heavy (non-hydrogen) atoms. The van der Waals surface area contributed by atoms with Crippen molar-refractivity contribution in [2.75, 3.05) is 6.61 Å². The molecule has 2 fully saturated rings. The number of nitriles is 1. The summed E-state index contributed by atoms with van der Waals surface area (Å²) in [5.41, 5.74) is -0.403. The van der Waals surface area contributed by atoms with Crippen molar-refractivity contribution in [1.29, 1.82) is 5.26 Å². The van der Waals surface area contributed by atoms with Gasteiger partial charge in [-0.1, -0.05) is 26.2 Å². The molecule has 0 saturated heterocycles. The van der Waals surface area contributed by atoms with Gasteiger partial charge < -0.3 is 4.74 Å². The van der Waals surface area contributed by atoms with Gasteiger partial charge in [0.1, 0.15) is 5.54 Å². The Kier molecular flexibility index (Phi) is 5.24. The minimum atomic E-state index is -0.403. The first-order chi connectivity index (χ1) is 9.15. The van der Waals surface area contributed by atoms with E-state index in [-0.39, 0.29) is 0 Å². The van der Waals surface area contributed by atoms with Crippen LogP contribution < -0.4 is 5.32 Å². The maximum absolute atomic E-state index is 9.31. The summed E-state index contributed by atoms with van der Waals surface area (Å²) in [6, 6.07) is 2.99. The summed E-state index contributed by atoms with van der Waals surface area (Å²) in [6.45, 7) is 4.99. The highest BCUT2D eigenvalue weighted by atomic mass is 16.5. The van der Waals surface area contributed by atoms with Crippen LogP contribution in [0.15, 0.2) is 0 Å². The zero-order valence-electron chi connectivity index (χ0n) is 12.5. The number of hydrogen-bond donors (Lipinski definition) is 1. The molecular formula is C16H28N2O. The average Bonchev–Trinajstić information content (AvgIpc) is 3.23. The Balaban J connectivity index is 1.68. The average molecular weight is 264 g/mol. The molecule has 0 aromatic carbocycles. The molecule has 2 aliphatic carbocycles. The van der Waals surface area contributed by atoms with Crippen LogP contribution >= 0.6 is 0 Å². The van der Waals surface area contributed by atoms with Crippen molar-refractivity contribution in [1.82, 2.24) is 5.32 Å². The third-order valence-electron chi connectivity index (χ3n) is 4.61. The smallest absolute Gasteiger partial charge is 0.106 e. The van der Waals surface area contributed by atoms with Crippen molar-refractivity contribution < 1.29 is 4.74 Å². The molecule has 2 aliphatic rings. The molecule has 2 rings (SSSR count). The molecule has 3 unspecified atom stereocenters. The second-order valence-corrected chi connectivity index (χ2v) is 6.55. The number of nitrogens with zero attached hydrogens (tertiary/aromatic N) is 1. The molecule has 3 atom stereocenters. The minimum Gasteiger partial charge on any atom is -0.378 e. The van der Waals surface area contributed by atoms with Crippen molar-refractivity contribution >= 4 is 0 Å². The van der Waals surface area contributed by atoms with E-state index in [0.29, 0.717) is 18.8 Å². The fourth-order valence-electron chi connectivity index (χ4n) is 3.03. The Morgan fingerprint density at radius 1 is 1.32 bits per heavy atom. The van der Waals surface area contributed by atoms with Crippen LogP contribution in [0.2, 0.25) is 0 Å². The van der Waals surface area contributed by atoms with E-state index < -0.39 is 5.54 Å².